The minimum absolute atomic E-state index is 0.184. The number of hydrogen-bond donors (Lipinski definition) is 1. The van der Waals surface area contributed by atoms with Crippen molar-refractivity contribution in [3.8, 4) is 6.07 Å². The molecule has 1 aromatic carbocycles. The van der Waals surface area contributed by atoms with Crippen molar-refractivity contribution in [2.75, 3.05) is 11.9 Å². The third-order valence-electron chi connectivity index (χ3n) is 2.39. The quantitative estimate of drug-likeness (QED) is 0.834. The molecule has 6 heteroatoms. The summed E-state index contributed by atoms with van der Waals surface area (Å²) < 4.78 is 4.84. The molecule has 6 nitrogen and oxygen atoms in total. The van der Waals surface area contributed by atoms with Crippen molar-refractivity contribution in [1.82, 2.24) is 4.98 Å². The summed E-state index contributed by atoms with van der Waals surface area (Å²) in [6.07, 6.45) is -0.184. The number of nitriles is 1. The lowest BCUT2D eigenvalue weighted by atomic mass is 10.2. The van der Waals surface area contributed by atoms with Gasteiger partial charge >= 0.3 is 5.76 Å². The maximum atomic E-state index is 11.5. The number of rotatable bonds is 2. The van der Waals surface area contributed by atoms with Gasteiger partial charge < -0.3 is 9.32 Å². The largest absolute Gasteiger partial charge is 0.417 e. The number of fused-ring (bicyclic) bond motifs is 1. The molecule has 0 radical (unpaired) electrons. The molecule has 0 aliphatic rings. The highest BCUT2D eigenvalue weighted by molar-refractivity contribution is 5.95. The molecule has 0 bridgehead atoms. The third kappa shape index (κ3) is 2.03. The molecule has 0 aliphatic carbocycles. The summed E-state index contributed by atoms with van der Waals surface area (Å²) in [4.78, 5) is 26.3. The van der Waals surface area contributed by atoms with Gasteiger partial charge in [-0.1, -0.05) is 0 Å². The van der Waals surface area contributed by atoms with Gasteiger partial charge in [0.25, 0.3) is 0 Å². The number of anilines is 1. The number of benzene rings is 1. The minimum Gasteiger partial charge on any atom is -0.408 e. The first-order valence-electron chi connectivity index (χ1n) is 4.88. The van der Waals surface area contributed by atoms with E-state index in [2.05, 4.69) is 4.98 Å². The predicted octanol–water partition coefficient (Wildman–Crippen LogP) is 0.998. The van der Waals surface area contributed by atoms with Crippen LogP contribution in [0.4, 0.5) is 5.69 Å². The van der Waals surface area contributed by atoms with Crippen LogP contribution in [0.5, 0.6) is 0 Å². The normalized spacial score (nSPS) is 10.1. The van der Waals surface area contributed by atoms with Gasteiger partial charge in [0.05, 0.1) is 11.6 Å². The van der Waals surface area contributed by atoms with Crippen molar-refractivity contribution in [1.29, 1.82) is 5.26 Å². The number of oxazole rings is 1. The molecule has 1 aromatic heterocycles. The number of nitrogens with one attached hydrogen (secondary N) is 1. The van der Waals surface area contributed by atoms with E-state index in [1.165, 1.54) is 4.90 Å². The van der Waals surface area contributed by atoms with Gasteiger partial charge in [-0.15, -0.1) is 0 Å². The number of carbonyl (C=O) groups excluding carboxylic acids is 1. The first kappa shape index (κ1) is 11.0. The van der Waals surface area contributed by atoms with E-state index in [1.54, 1.807) is 31.3 Å². The molecule has 0 saturated heterocycles. The van der Waals surface area contributed by atoms with Gasteiger partial charge in [0.2, 0.25) is 5.91 Å². The Bertz CT molecular complexity index is 662. The highest BCUT2D eigenvalue weighted by Gasteiger charge is 2.11. The van der Waals surface area contributed by atoms with Crippen LogP contribution in [0.2, 0.25) is 0 Å². The summed E-state index contributed by atoms with van der Waals surface area (Å²) in [7, 11) is 1.57. The van der Waals surface area contributed by atoms with Crippen LogP contribution in [0, 0.1) is 11.3 Å². The summed E-state index contributed by atoms with van der Waals surface area (Å²) in [5.74, 6) is -0.846. The third-order valence-corrected chi connectivity index (χ3v) is 2.39. The molecule has 2 aromatic rings. The fourth-order valence-corrected chi connectivity index (χ4v) is 1.48. The Morgan fingerprint density at radius 3 is 3.06 bits per heavy atom. The smallest absolute Gasteiger partial charge is 0.408 e. The number of hydrogen-bond acceptors (Lipinski definition) is 4. The van der Waals surface area contributed by atoms with Crippen LogP contribution in [-0.4, -0.2) is 17.9 Å². The summed E-state index contributed by atoms with van der Waals surface area (Å²) in [5, 5.41) is 8.45. The molecule has 0 aliphatic heterocycles. The van der Waals surface area contributed by atoms with Crippen LogP contribution in [0.15, 0.2) is 27.4 Å². The Morgan fingerprint density at radius 2 is 2.35 bits per heavy atom. The molecular weight excluding hydrogens is 222 g/mol. The lowest BCUT2D eigenvalue weighted by Gasteiger charge is -2.15. The standard InChI is InChI=1S/C11H9N3O3/c1-14(10(15)4-5-12)7-2-3-9-8(6-7)13-11(16)17-9/h2-3,6H,4H2,1H3,(H,13,16). The maximum absolute atomic E-state index is 11.5. The number of carbonyl (C=O) groups is 1. The first-order chi connectivity index (χ1) is 8.11. The Balaban J connectivity index is 2.39. The molecule has 0 spiro atoms. The van der Waals surface area contributed by atoms with Gasteiger partial charge in [0.15, 0.2) is 5.58 Å². The summed E-state index contributed by atoms with van der Waals surface area (Å²) in [6, 6.07) is 6.66. The van der Waals surface area contributed by atoms with Crippen LogP contribution < -0.4 is 10.7 Å². The van der Waals surface area contributed by atoms with Gasteiger partial charge in [-0.2, -0.15) is 5.26 Å². The molecule has 0 saturated carbocycles. The Morgan fingerprint density at radius 1 is 1.59 bits per heavy atom. The maximum Gasteiger partial charge on any atom is 0.417 e. The molecule has 1 N–H and O–H groups in total. The zero-order chi connectivity index (χ0) is 12.4. The topological polar surface area (TPSA) is 90.1 Å². The van der Waals surface area contributed by atoms with E-state index in [9.17, 15) is 9.59 Å². The number of H-pyrrole nitrogens is 1. The number of nitrogens with zero attached hydrogens (tertiary/aromatic N) is 2. The van der Waals surface area contributed by atoms with Crippen LogP contribution in [0.3, 0.4) is 0 Å². The second-order valence-electron chi connectivity index (χ2n) is 3.48. The number of aromatic nitrogens is 1. The summed E-state index contributed by atoms with van der Waals surface area (Å²) in [5.41, 5.74) is 1.54. The van der Waals surface area contributed by atoms with Gasteiger partial charge in [-0.05, 0) is 18.2 Å². The molecular formula is C11H9N3O3. The Kier molecular flexibility index (Phi) is 2.66. The fourth-order valence-electron chi connectivity index (χ4n) is 1.48. The van der Waals surface area contributed by atoms with Gasteiger partial charge in [-0.3, -0.25) is 9.78 Å². The van der Waals surface area contributed by atoms with E-state index >= 15 is 0 Å². The van der Waals surface area contributed by atoms with Crippen molar-refractivity contribution in [2.45, 2.75) is 6.42 Å². The lowest BCUT2D eigenvalue weighted by Crippen LogP contribution is -2.25. The van der Waals surface area contributed by atoms with Crippen molar-refractivity contribution >= 4 is 22.7 Å². The van der Waals surface area contributed by atoms with E-state index in [4.69, 9.17) is 9.68 Å². The highest BCUT2D eigenvalue weighted by Crippen LogP contribution is 2.19. The van der Waals surface area contributed by atoms with Crippen LogP contribution in [0.25, 0.3) is 11.1 Å². The van der Waals surface area contributed by atoms with Crippen molar-refractivity contribution in [3.05, 3.63) is 28.7 Å². The van der Waals surface area contributed by atoms with E-state index < -0.39 is 5.76 Å². The Hall–Kier alpha value is -2.55. The van der Waals surface area contributed by atoms with E-state index in [0.717, 1.165) is 0 Å². The van der Waals surface area contributed by atoms with Crippen LogP contribution in [-0.2, 0) is 4.79 Å². The van der Waals surface area contributed by atoms with E-state index in [0.29, 0.717) is 16.8 Å². The fraction of sp³-hybridized carbons (Fsp3) is 0.182. The van der Waals surface area contributed by atoms with Crippen LogP contribution in [0.1, 0.15) is 6.42 Å². The second kappa shape index (κ2) is 4.14. The molecule has 0 fully saturated rings. The second-order valence-corrected chi connectivity index (χ2v) is 3.48. The first-order valence-corrected chi connectivity index (χ1v) is 4.88. The minimum atomic E-state index is -0.539. The molecule has 0 unspecified atom stereocenters. The monoisotopic (exact) mass is 231 g/mol. The average Bonchev–Trinajstić information content (AvgIpc) is 2.67. The zero-order valence-corrected chi connectivity index (χ0v) is 9.06. The van der Waals surface area contributed by atoms with Gasteiger partial charge in [0.1, 0.15) is 6.42 Å². The average molecular weight is 231 g/mol. The van der Waals surface area contributed by atoms with Gasteiger partial charge in [-0.25, -0.2) is 4.79 Å². The van der Waals surface area contributed by atoms with E-state index in [1.807, 2.05) is 0 Å². The van der Waals surface area contributed by atoms with Crippen LogP contribution >= 0.6 is 0 Å². The molecule has 1 heterocycles. The molecule has 2 rings (SSSR count). The summed E-state index contributed by atoms with van der Waals surface area (Å²) >= 11 is 0. The SMILES string of the molecule is CN(C(=O)CC#N)c1ccc2oc(=O)[nH]c2c1. The summed E-state index contributed by atoms with van der Waals surface area (Å²) in [6.45, 7) is 0. The number of amides is 1. The molecule has 86 valence electrons. The van der Waals surface area contributed by atoms with Crippen molar-refractivity contribution in [2.24, 2.45) is 0 Å². The molecule has 17 heavy (non-hydrogen) atoms. The van der Waals surface area contributed by atoms with E-state index in [-0.39, 0.29) is 12.3 Å². The van der Waals surface area contributed by atoms with Crippen molar-refractivity contribution < 1.29 is 9.21 Å². The number of aromatic amines is 1. The molecule has 0 atom stereocenters. The van der Waals surface area contributed by atoms with Gasteiger partial charge in [0, 0.05) is 12.7 Å². The lowest BCUT2D eigenvalue weighted by molar-refractivity contribution is -0.117. The Labute approximate surface area is 96.1 Å². The highest BCUT2D eigenvalue weighted by atomic mass is 16.4. The zero-order valence-electron chi connectivity index (χ0n) is 9.06. The molecule has 1 amide bonds. The van der Waals surface area contributed by atoms with Crippen molar-refractivity contribution in [3.63, 3.8) is 0 Å². The predicted molar refractivity (Wildman–Crippen MR) is 60.5 cm³/mol.